The van der Waals surface area contributed by atoms with Crippen LogP contribution in [0.2, 0.25) is 0 Å². The molecule has 0 bridgehead atoms. The van der Waals surface area contributed by atoms with Crippen molar-refractivity contribution < 1.29 is 73.3 Å². The first kappa shape index (κ1) is 67.6. The molecule has 4 amide bonds. The average molecular weight is 1310 g/mol. The number of anilines is 2. The van der Waals surface area contributed by atoms with E-state index in [-0.39, 0.29) is 99.3 Å². The molecule has 0 saturated carbocycles. The Balaban J connectivity index is 0.826. The third kappa shape index (κ3) is 17.3. The summed E-state index contributed by atoms with van der Waals surface area (Å²) in [6, 6.07) is 8.89. The SMILES string of the molecule is Cc1ncsc1-c1ccc(CNC(=O)C2CC(OC(=O)OC(C)C(C)SS(C)(=O)=O)CN2C(=O)C(NC(=O)COCCOCCOCCNC(=O)c2cc3c(cc2CS(C)(=O)=O)-c2cn(C)c(=O)c4[nH]cc(c24)CN3c2ncc(F)cc2F)C(C)(C)C)cc1. The van der Waals surface area contributed by atoms with Crippen LogP contribution in [0.5, 0.6) is 0 Å². The first-order valence-corrected chi connectivity index (χ1v) is 34.5. The number of carbonyl (C=O) groups excluding carboxylic acids is 5. The first-order valence-electron chi connectivity index (χ1n) is 28.2. The number of carbonyl (C=O) groups is 5. The number of sulfone groups is 1. The van der Waals surface area contributed by atoms with Crippen molar-refractivity contribution in [3.8, 4) is 21.6 Å². The molecule has 2 aromatic carbocycles. The van der Waals surface area contributed by atoms with Crippen LogP contribution < -0.4 is 26.4 Å². The van der Waals surface area contributed by atoms with Crippen LogP contribution >= 0.6 is 22.1 Å². The van der Waals surface area contributed by atoms with Gasteiger partial charge < -0.3 is 59.0 Å². The summed E-state index contributed by atoms with van der Waals surface area (Å²) >= 11 is 1.51. The molecule has 30 heteroatoms. The summed E-state index contributed by atoms with van der Waals surface area (Å²) in [5.74, 6) is -5.20. The first-order chi connectivity index (χ1) is 42.0. The van der Waals surface area contributed by atoms with Gasteiger partial charge in [-0.15, -0.1) is 11.3 Å². The maximum atomic E-state index is 15.6. The van der Waals surface area contributed by atoms with Gasteiger partial charge in [0, 0.05) is 79.6 Å². The fraction of sp³-hybridized carbons (Fsp3) is 0.458. The zero-order chi connectivity index (χ0) is 64.7. The predicted octanol–water partition coefficient (Wildman–Crippen LogP) is 6.05. The van der Waals surface area contributed by atoms with Gasteiger partial charge in [0.2, 0.25) is 17.7 Å². The molecule has 480 valence electrons. The Morgan fingerprint density at radius 3 is 2.27 bits per heavy atom. The van der Waals surface area contributed by atoms with E-state index >= 15 is 4.39 Å². The molecular formula is C59H71F2N9O15S4. The molecule has 6 heterocycles. The molecule has 0 radical (unpaired) electrons. The summed E-state index contributed by atoms with van der Waals surface area (Å²) in [6.07, 6.45) is 2.97. The van der Waals surface area contributed by atoms with E-state index in [1.165, 1.54) is 44.8 Å². The molecule has 4 aromatic heterocycles. The molecule has 0 aliphatic carbocycles. The van der Waals surface area contributed by atoms with Gasteiger partial charge >= 0.3 is 6.16 Å². The standard InChI is InChI=1S/C59H71F2N9O15S4/c1-33-51(86-32-66-33)37-12-10-36(11-13-37)24-65-55(73)47-22-41(85-58(76)84-34(2)35(3)87-89(9,79)80)28-70(47)57(75)52(59(4,5)6)67-48(71)30-83-19-18-82-17-16-81-15-14-62-54(72)42-23-46-43(20-38(42)31-88(8,77)78)44-29-68(7)56(74)50-49(44)39(25-63-50)27-69(46)53-45(61)21-40(60)26-64-53/h10-13,20-21,23,25-26,29,32,34-35,41,47,52,63H,14-19,22,24,27-28,30-31H2,1-9H3,(H,62,72)(H,65,73)(H,67,71). The largest absolute Gasteiger partial charge is 0.508 e. The number of ether oxygens (including phenoxy) is 5. The summed E-state index contributed by atoms with van der Waals surface area (Å²) in [5, 5.41) is 8.26. The highest BCUT2D eigenvalue weighted by molar-refractivity contribution is 8.72. The number of hydrogen-bond donors (Lipinski definition) is 4. The van der Waals surface area contributed by atoms with Crippen molar-refractivity contribution in [1.29, 1.82) is 0 Å². The van der Waals surface area contributed by atoms with Gasteiger partial charge in [0.15, 0.2) is 30.3 Å². The number of nitrogens with zero attached hydrogens (tertiary/aromatic N) is 5. The minimum atomic E-state index is -3.74. The van der Waals surface area contributed by atoms with Gasteiger partial charge in [0.25, 0.3) is 11.5 Å². The number of rotatable bonds is 26. The second-order valence-corrected chi connectivity index (χ2v) is 30.5. The van der Waals surface area contributed by atoms with Gasteiger partial charge in [-0.1, -0.05) is 45.0 Å². The Morgan fingerprint density at radius 2 is 1.62 bits per heavy atom. The summed E-state index contributed by atoms with van der Waals surface area (Å²) in [7, 11) is -5.03. The van der Waals surface area contributed by atoms with E-state index in [2.05, 4.69) is 30.9 Å². The molecule has 6 aromatic rings. The number of likely N-dealkylation sites (tertiary alicyclic amines) is 1. The van der Waals surface area contributed by atoms with Crippen molar-refractivity contribution in [3.05, 3.63) is 117 Å². The third-order valence-corrected chi connectivity index (χ3v) is 19.5. The molecule has 5 atom stereocenters. The maximum absolute atomic E-state index is 15.6. The van der Waals surface area contributed by atoms with Gasteiger partial charge in [-0.2, -0.15) is 0 Å². The number of amides is 4. The molecule has 8 rings (SSSR count). The van der Waals surface area contributed by atoms with Crippen LogP contribution in [-0.2, 0) is 82.7 Å². The number of hydrogen-bond acceptors (Lipinski definition) is 20. The van der Waals surface area contributed by atoms with Gasteiger partial charge in [0.1, 0.15) is 42.2 Å². The van der Waals surface area contributed by atoms with Crippen LogP contribution in [0.1, 0.15) is 73.8 Å². The zero-order valence-electron chi connectivity index (χ0n) is 50.5. The van der Waals surface area contributed by atoms with E-state index in [4.69, 9.17) is 23.7 Å². The highest BCUT2D eigenvalue weighted by Gasteiger charge is 2.46. The van der Waals surface area contributed by atoms with Crippen LogP contribution in [-0.4, -0.2) is 166 Å². The van der Waals surface area contributed by atoms with Gasteiger partial charge in [-0.25, -0.2) is 40.4 Å². The van der Waals surface area contributed by atoms with Gasteiger partial charge in [-0.05, 0) is 71.4 Å². The number of aromatic amines is 1. The van der Waals surface area contributed by atoms with Crippen molar-refractivity contribution in [2.75, 3.05) is 70.1 Å². The summed E-state index contributed by atoms with van der Waals surface area (Å²) < 4.78 is 108. The molecule has 1 fully saturated rings. The lowest BCUT2D eigenvalue weighted by Crippen LogP contribution is -2.58. The second-order valence-electron chi connectivity index (χ2n) is 22.8. The lowest BCUT2D eigenvalue weighted by Gasteiger charge is -2.35. The summed E-state index contributed by atoms with van der Waals surface area (Å²) in [5.41, 5.74) is 5.17. The highest BCUT2D eigenvalue weighted by Crippen LogP contribution is 2.45. The van der Waals surface area contributed by atoms with Crippen LogP contribution in [0.15, 0.2) is 71.4 Å². The van der Waals surface area contributed by atoms with Crippen molar-refractivity contribution >= 4 is 93.0 Å². The number of pyridine rings is 2. The van der Waals surface area contributed by atoms with Crippen LogP contribution in [0.3, 0.4) is 0 Å². The molecule has 2 aliphatic rings. The number of H-pyrrole nitrogens is 1. The number of benzene rings is 2. The molecule has 5 unspecified atom stereocenters. The Hall–Kier alpha value is -7.35. The predicted molar refractivity (Wildman–Crippen MR) is 331 cm³/mol. The number of aryl methyl sites for hydroxylation is 2. The van der Waals surface area contributed by atoms with Crippen LogP contribution in [0.4, 0.5) is 25.1 Å². The van der Waals surface area contributed by atoms with E-state index < -0.39 is 107 Å². The normalized spacial score (nSPS) is 16.1. The average Bonchev–Trinajstić information content (AvgIpc) is 1.71. The Kier molecular flexibility index (Phi) is 21.7. The van der Waals surface area contributed by atoms with E-state index in [0.29, 0.717) is 38.9 Å². The molecule has 89 heavy (non-hydrogen) atoms. The van der Waals surface area contributed by atoms with Crippen LogP contribution in [0, 0.1) is 24.0 Å². The minimum Gasteiger partial charge on any atom is -0.430 e. The fourth-order valence-corrected chi connectivity index (χ4v) is 14.8. The number of halogens is 2. The summed E-state index contributed by atoms with van der Waals surface area (Å²) in [4.78, 5) is 97.3. The van der Waals surface area contributed by atoms with Gasteiger partial charge in [0.05, 0.1) is 85.1 Å². The molecular weight excluding hydrogens is 1240 g/mol. The lowest BCUT2D eigenvalue weighted by atomic mass is 9.85. The summed E-state index contributed by atoms with van der Waals surface area (Å²) in [6.45, 7) is 9.74. The smallest absolute Gasteiger partial charge is 0.430 e. The van der Waals surface area contributed by atoms with E-state index in [1.807, 2.05) is 31.2 Å². The Bertz CT molecular complexity index is 3910. The minimum absolute atomic E-state index is 0.00703. The topological polar surface area (TPSA) is 306 Å². The van der Waals surface area contributed by atoms with Gasteiger partial charge in [-0.3, -0.25) is 24.0 Å². The number of thiazole rings is 1. The van der Waals surface area contributed by atoms with Crippen LogP contribution in [0.25, 0.3) is 32.5 Å². The molecule has 0 spiro atoms. The zero-order valence-corrected chi connectivity index (χ0v) is 53.7. The van der Waals surface area contributed by atoms with Crippen molar-refractivity contribution in [1.82, 2.24) is 40.4 Å². The molecule has 1 saturated heterocycles. The Labute approximate surface area is 521 Å². The third-order valence-electron chi connectivity index (χ3n) is 14.7. The molecule has 24 nitrogen and oxygen atoms in total. The lowest BCUT2D eigenvalue weighted by molar-refractivity contribution is -0.144. The monoisotopic (exact) mass is 1310 g/mol. The maximum Gasteiger partial charge on any atom is 0.508 e. The van der Waals surface area contributed by atoms with Crippen molar-refractivity contribution in [3.63, 3.8) is 0 Å². The molecule has 2 aliphatic heterocycles. The van der Waals surface area contributed by atoms with E-state index in [0.717, 1.165) is 40.4 Å². The number of nitrogens with one attached hydrogen (secondary N) is 4. The van der Waals surface area contributed by atoms with Crippen molar-refractivity contribution in [2.24, 2.45) is 12.5 Å². The van der Waals surface area contributed by atoms with E-state index in [1.54, 1.807) is 52.6 Å². The van der Waals surface area contributed by atoms with E-state index in [9.17, 15) is 50.0 Å². The Morgan fingerprint density at radius 1 is 0.921 bits per heavy atom. The molecule has 4 N–H and O–H groups in total. The fourth-order valence-electron chi connectivity index (χ4n) is 10.3. The van der Waals surface area contributed by atoms with Crippen molar-refractivity contribution in [2.45, 2.75) is 96.3 Å². The quantitative estimate of drug-likeness (QED) is 0.0273. The second kappa shape index (κ2) is 28.6. The number of aromatic nitrogens is 4. The highest BCUT2D eigenvalue weighted by atomic mass is 33.1. The number of fused-ring (bicyclic) bond motifs is 2.